The average Bonchev–Trinajstić information content (AvgIpc) is 2.85. The molecule has 1 amide bonds. The highest BCUT2D eigenvalue weighted by Crippen LogP contribution is 2.16. The molecule has 0 aliphatic carbocycles. The highest BCUT2D eigenvalue weighted by molar-refractivity contribution is 5.87. The van der Waals surface area contributed by atoms with Gasteiger partial charge in [0.1, 0.15) is 5.82 Å². The van der Waals surface area contributed by atoms with Crippen molar-refractivity contribution in [3.63, 3.8) is 0 Å². The lowest BCUT2D eigenvalue weighted by atomic mass is 10.2. The maximum atomic E-state index is 11.1. The minimum absolute atomic E-state index is 0.108. The van der Waals surface area contributed by atoms with Crippen molar-refractivity contribution in [3.05, 3.63) is 24.9 Å². The fourth-order valence-electron chi connectivity index (χ4n) is 1.77. The molecule has 1 aromatic rings. The van der Waals surface area contributed by atoms with E-state index in [1.165, 1.54) is 6.08 Å². The Bertz CT molecular complexity index is 346. The van der Waals surface area contributed by atoms with E-state index in [9.17, 15) is 4.79 Å². The van der Waals surface area contributed by atoms with E-state index in [2.05, 4.69) is 27.0 Å². The monoisotopic (exact) mass is 206 g/mol. The summed E-state index contributed by atoms with van der Waals surface area (Å²) in [7, 11) is 0. The Morgan fingerprint density at radius 3 is 3.33 bits per heavy atom. The SMILES string of the molecule is C=CC(=O)N[C@H]1CCN(c2cc[nH]n2)C1. The Labute approximate surface area is 88.2 Å². The van der Waals surface area contributed by atoms with Crippen LogP contribution in [0.4, 0.5) is 5.82 Å². The molecule has 0 radical (unpaired) electrons. The first-order valence-corrected chi connectivity index (χ1v) is 4.97. The first kappa shape index (κ1) is 9.76. The fourth-order valence-corrected chi connectivity index (χ4v) is 1.77. The van der Waals surface area contributed by atoms with Gasteiger partial charge in [-0.3, -0.25) is 9.89 Å². The molecule has 0 spiro atoms. The summed E-state index contributed by atoms with van der Waals surface area (Å²) in [5.74, 6) is 0.828. The van der Waals surface area contributed by atoms with Crippen LogP contribution in [-0.4, -0.2) is 35.2 Å². The van der Waals surface area contributed by atoms with Crippen molar-refractivity contribution >= 4 is 11.7 Å². The second-order valence-electron chi connectivity index (χ2n) is 3.58. The summed E-state index contributed by atoms with van der Waals surface area (Å²) in [6, 6.07) is 2.13. The molecule has 0 unspecified atom stereocenters. The molecule has 1 aliphatic rings. The minimum Gasteiger partial charge on any atom is -0.353 e. The minimum atomic E-state index is -0.108. The van der Waals surface area contributed by atoms with Crippen LogP contribution in [0.1, 0.15) is 6.42 Å². The maximum absolute atomic E-state index is 11.1. The third kappa shape index (κ3) is 2.18. The topological polar surface area (TPSA) is 61.0 Å². The number of rotatable bonds is 3. The van der Waals surface area contributed by atoms with Crippen LogP contribution in [0.2, 0.25) is 0 Å². The second kappa shape index (κ2) is 4.16. The summed E-state index contributed by atoms with van der Waals surface area (Å²) < 4.78 is 0. The van der Waals surface area contributed by atoms with E-state index in [4.69, 9.17) is 0 Å². The Balaban J connectivity index is 1.90. The van der Waals surface area contributed by atoms with Gasteiger partial charge in [-0.25, -0.2) is 0 Å². The van der Waals surface area contributed by atoms with Crippen LogP contribution in [0.25, 0.3) is 0 Å². The number of anilines is 1. The zero-order valence-corrected chi connectivity index (χ0v) is 8.44. The molecule has 5 heteroatoms. The molecule has 2 rings (SSSR count). The molecule has 15 heavy (non-hydrogen) atoms. The normalized spacial score (nSPS) is 20.3. The first-order valence-electron chi connectivity index (χ1n) is 4.97. The largest absolute Gasteiger partial charge is 0.353 e. The number of nitrogens with zero attached hydrogens (tertiary/aromatic N) is 2. The molecule has 0 saturated carbocycles. The number of H-pyrrole nitrogens is 1. The number of amides is 1. The number of hydrogen-bond acceptors (Lipinski definition) is 3. The second-order valence-corrected chi connectivity index (χ2v) is 3.58. The Hall–Kier alpha value is -1.78. The molecule has 1 fully saturated rings. The summed E-state index contributed by atoms with van der Waals surface area (Å²) in [6.45, 7) is 5.16. The zero-order valence-electron chi connectivity index (χ0n) is 8.44. The van der Waals surface area contributed by atoms with Crippen LogP contribution < -0.4 is 10.2 Å². The van der Waals surface area contributed by atoms with Crippen molar-refractivity contribution in [2.24, 2.45) is 0 Å². The van der Waals surface area contributed by atoms with Crippen LogP contribution in [0, 0.1) is 0 Å². The number of carbonyl (C=O) groups is 1. The van der Waals surface area contributed by atoms with Gasteiger partial charge in [-0.1, -0.05) is 6.58 Å². The predicted octanol–water partition coefficient (Wildman–Crippen LogP) is 0.291. The van der Waals surface area contributed by atoms with E-state index in [0.29, 0.717) is 0 Å². The molecule has 0 aromatic carbocycles. The van der Waals surface area contributed by atoms with Gasteiger partial charge in [0.05, 0.1) is 0 Å². The number of aromatic amines is 1. The predicted molar refractivity (Wildman–Crippen MR) is 57.5 cm³/mol. The molecule has 1 atom stereocenters. The lowest BCUT2D eigenvalue weighted by Crippen LogP contribution is -2.36. The highest BCUT2D eigenvalue weighted by Gasteiger charge is 2.24. The Morgan fingerprint density at radius 2 is 2.67 bits per heavy atom. The maximum Gasteiger partial charge on any atom is 0.243 e. The van der Waals surface area contributed by atoms with Gasteiger partial charge in [0, 0.05) is 31.4 Å². The molecule has 2 N–H and O–H groups in total. The third-order valence-electron chi connectivity index (χ3n) is 2.53. The number of hydrogen-bond donors (Lipinski definition) is 2. The van der Waals surface area contributed by atoms with Crippen LogP contribution in [0.3, 0.4) is 0 Å². The summed E-state index contributed by atoms with van der Waals surface area (Å²) in [5, 5.41) is 9.76. The lowest BCUT2D eigenvalue weighted by Gasteiger charge is -2.15. The van der Waals surface area contributed by atoms with Crippen LogP contribution in [0.15, 0.2) is 24.9 Å². The van der Waals surface area contributed by atoms with Crippen molar-refractivity contribution in [2.75, 3.05) is 18.0 Å². The quantitative estimate of drug-likeness (QED) is 0.699. The van der Waals surface area contributed by atoms with Gasteiger partial charge in [-0.15, -0.1) is 0 Å². The summed E-state index contributed by atoms with van der Waals surface area (Å²) in [5.41, 5.74) is 0. The average molecular weight is 206 g/mol. The number of aromatic nitrogens is 2. The van der Waals surface area contributed by atoms with Crippen molar-refractivity contribution in [1.82, 2.24) is 15.5 Å². The van der Waals surface area contributed by atoms with Gasteiger partial charge in [0.25, 0.3) is 0 Å². The van der Waals surface area contributed by atoms with Crippen molar-refractivity contribution in [2.45, 2.75) is 12.5 Å². The molecule has 1 saturated heterocycles. The Kier molecular flexibility index (Phi) is 2.71. The summed E-state index contributed by atoms with van der Waals surface area (Å²) >= 11 is 0. The smallest absolute Gasteiger partial charge is 0.243 e. The fraction of sp³-hybridized carbons (Fsp3) is 0.400. The van der Waals surface area contributed by atoms with E-state index >= 15 is 0 Å². The molecule has 80 valence electrons. The molecule has 2 heterocycles. The van der Waals surface area contributed by atoms with Crippen LogP contribution in [0.5, 0.6) is 0 Å². The van der Waals surface area contributed by atoms with Crippen LogP contribution >= 0.6 is 0 Å². The van der Waals surface area contributed by atoms with Crippen molar-refractivity contribution in [3.8, 4) is 0 Å². The standard InChI is InChI=1S/C10H14N4O/c1-2-10(15)12-8-4-6-14(7-8)9-3-5-11-13-9/h2-3,5,8H,1,4,6-7H2,(H,11,13)(H,12,15)/t8-/m0/s1. The lowest BCUT2D eigenvalue weighted by molar-refractivity contribution is -0.117. The molecule has 1 aliphatic heterocycles. The van der Waals surface area contributed by atoms with Gasteiger partial charge < -0.3 is 10.2 Å². The molecule has 1 aromatic heterocycles. The van der Waals surface area contributed by atoms with E-state index in [-0.39, 0.29) is 11.9 Å². The van der Waals surface area contributed by atoms with Gasteiger partial charge >= 0.3 is 0 Å². The van der Waals surface area contributed by atoms with Gasteiger partial charge in [0.15, 0.2) is 0 Å². The van der Waals surface area contributed by atoms with E-state index < -0.39 is 0 Å². The highest BCUT2D eigenvalue weighted by atomic mass is 16.1. The van der Waals surface area contributed by atoms with E-state index in [0.717, 1.165) is 25.3 Å². The zero-order chi connectivity index (χ0) is 10.7. The molecule has 5 nitrogen and oxygen atoms in total. The first-order chi connectivity index (χ1) is 7.29. The van der Waals surface area contributed by atoms with Gasteiger partial charge in [-0.2, -0.15) is 5.10 Å². The van der Waals surface area contributed by atoms with Gasteiger partial charge in [-0.05, 0) is 12.5 Å². The van der Waals surface area contributed by atoms with Crippen molar-refractivity contribution < 1.29 is 4.79 Å². The van der Waals surface area contributed by atoms with E-state index in [1.54, 1.807) is 6.20 Å². The van der Waals surface area contributed by atoms with Gasteiger partial charge in [0.2, 0.25) is 5.91 Å². The number of carbonyl (C=O) groups excluding carboxylic acids is 1. The molecule has 0 bridgehead atoms. The number of nitrogens with one attached hydrogen (secondary N) is 2. The summed E-state index contributed by atoms with van der Waals surface area (Å²) in [4.78, 5) is 13.2. The summed E-state index contributed by atoms with van der Waals surface area (Å²) in [6.07, 6.45) is 4.05. The molecular weight excluding hydrogens is 192 g/mol. The van der Waals surface area contributed by atoms with Crippen molar-refractivity contribution in [1.29, 1.82) is 0 Å². The van der Waals surface area contributed by atoms with Crippen LogP contribution in [-0.2, 0) is 4.79 Å². The molecular formula is C10H14N4O. The van der Waals surface area contributed by atoms with E-state index in [1.807, 2.05) is 6.07 Å². The third-order valence-corrected chi connectivity index (χ3v) is 2.53. The Morgan fingerprint density at radius 1 is 1.80 bits per heavy atom.